The number of methoxy groups -OCH3 is 2. The predicted octanol–water partition coefficient (Wildman–Crippen LogP) is 6.56. The summed E-state index contributed by atoms with van der Waals surface area (Å²) < 4.78 is 23.8. The summed E-state index contributed by atoms with van der Waals surface area (Å²) in [6.45, 7) is 12.9. The fourth-order valence-electron chi connectivity index (χ4n) is 9.78. The minimum Gasteiger partial charge on any atom is -0.460 e. The van der Waals surface area contributed by atoms with Crippen LogP contribution in [0.3, 0.4) is 0 Å². The Hall–Kier alpha value is -3.33. The van der Waals surface area contributed by atoms with Gasteiger partial charge in [-0.05, 0) is 107 Å². The van der Waals surface area contributed by atoms with Gasteiger partial charge < -0.3 is 39.2 Å². The van der Waals surface area contributed by atoms with Crippen LogP contribution in [0, 0.1) is 35.5 Å². The minimum atomic E-state index is -2.42. The van der Waals surface area contributed by atoms with E-state index in [0.29, 0.717) is 63.4 Å². The maximum atomic E-state index is 14.3. The number of piperidine rings is 1. The predicted molar refractivity (Wildman–Crippen MR) is 239 cm³/mol. The Morgan fingerprint density at radius 3 is 2.27 bits per heavy atom. The fraction of sp³-hybridized carbons (Fsp3) is 0.740. The lowest BCUT2D eigenvalue weighted by atomic mass is 9.78. The standard InChI is InChI=1S/C50H77NO12/c1-30-15-11-10-12-16-31(2)44(60-8)27-38-20-18-36(7)50(59,63-38)47(56)48(57)51-22-14-13-17-39(51)49(58)62-45(35(6)25-37-19-21-40(52)46(26-37)61-9)29-43(55)34(5)24-33(4)42(54)28-41(53)32(3)23-30/h10-12,15-16,24,30,32,34-40,42,44-46,52,54,59H,13-14,17-23,25-29H2,1-9H3/b12-10+,15-11-,31-16+,33-24+/t30-,32?,34-,35-,36?,37?,38+,39?,40?,42?,44+,45+,46+,50?/m1/s1. The maximum Gasteiger partial charge on any atom is 0.329 e. The number of allylic oxidation sites excluding steroid dienone is 6. The van der Waals surface area contributed by atoms with Crippen LogP contribution in [0.4, 0.5) is 0 Å². The number of cyclic esters (lactones) is 1. The zero-order valence-electron chi connectivity index (χ0n) is 39.3. The Kier molecular flexibility index (Phi) is 20.1. The number of aliphatic hydroxyl groups is 3. The number of carbonyl (C=O) groups excluding carboxylic acids is 5. The Morgan fingerprint density at radius 1 is 0.841 bits per heavy atom. The van der Waals surface area contributed by atoms with Crippen molar-refractivity contribution in [1.29, 1.82) is 0 Å². The lowest BCUT2D eigenvalue weighted by Crippen LogP contribution is -2.61. The van der Waals surface area contributed by atoms with Gasteiger partial charge in [0.05, 0.1) is 30.5 Å². The molecule has 3 heterocycles. The van der Waals surface area contributed by atoms with Gasteiger partial charge in [-0.3, -0.25) is 19.2 Å². The van der Waals surface area contributed by atoms with Gasteiger partial charge in [-0.15, -0.1) is 0 Å². The van der Waals surface area contributed by atoms with Crippen molar-refractivity contribution < 1.29 is 58.2 Å². The third-order valence-corrected chi connectivity index (χ3v) is 14.2. The second-order valence-electron chi connectivity index (χ2n) is 19.3. The van der Waals surface area contributed by atoms with Crippen LogP contribution >= 0.6 is 0 Å². The molecule has 0 radical (unpaired) electrons. The number of hydrogen-bond donors (Lipinski definition) is 3. The highest BCUT2D eigenvalue weighted by atomic mass is 16.6. The van der Waals surface area contributed by atoms with Crippen molar-refractivity contribution >= 4 is 29.2 Å². The van der Waals surface area contributed by atoms with Gasteiger partial charge in [0.15, 0.2) is 0 Å². The molecular weight excluding hydrogens is 807 g/mol. The molecule has 3 aliphatic heterocycles. The number of ketones is 3. The molecule has 13 nitrogen and oxygen atoms in total. The number of Topliss-reactive ketones (excluding diaryl/α,β-unsaturated/α-hetero) is 3. The molecule has 4 rings (SSSR count). The SMILES string of the molecule is CO[C@H]1C[C@@H]2CCC(C)C(O)(O2)C(=O)C(=O)N2CCCCC2C(=O)O[C@H]([C@H](C)CC2CCC(O)[C@@H](OC)C2)CC(=O)[C@H](C)/C=C(\C)C(O)CC(=O)C(C)C[C@H](C)\C=C/C=C/C=C/1C. The second kappa shape index (κ2) is 24.3. The molecular formula is C50H77NO12. The first kappa shape index (κ1) is 52.3. The van der Waals surface area contributed by atoms with Gasteiger partial charge in [-0.2, -0.15) is 0 Å². The zero-order valence-corrected chi connectivity index (χ0v) is 39.3. The van der Waals surface area contributed by atoms with Crippen LogP contribution < -0.4 is 0 Å². The number of ether oxygens (including phenoxy) is 4. The third kappa shape index (κ3) is 14.3. The number of carbonyl (C=O) groups is 5. The average Bonchev–Trinajstić information content (AvgIpc) is 3.25. The van der Waals surface area contributed by atoms with E-state index >= 15 is 0 Å². The van der Waals surface area contributed by atoms with Crippen LogP contribution in [-0.4, -0.2) is 119 Å². The summed E-state index contributed by atoms with van der Waals surface area (Å²) in [5, 5.41) is 33.5. The first-order chi connectivity index (χ1) is 29.8. The van der Waals surface area contributed by atoms with Crippen molar-refractivity contribution in [2.45, 2.75) is 180 Å². The van der Waals surface area contributed by atoms with Crippen molar-refractivity contribution in [2.24, 2.45) is 35.5 Å². The van der Waals surface area contributed by atoms with Gasteiger partial charge in [0.25, 0.3) is 11.7 Å². The van der Waals surface area contributed by atoms with Gasteiger partial charge in [0.2, 0.25) is 5.79 Å². The number of esters is 1. The lowest BCUT2D eigenvalue weighted by molar-refractivity contribution is -0.265. The zero-order chi connectivity index (χ0) is 46.6. The molecule has 3 fully saturated rings. The first-order valence-electron chi connectivity index (χ1n) is 23.4. The lowest BCUT2D eigenvalue weighted by Gasteiger charge is -2.42. The quantitative estimate of drug-likeness (QED) is 0.154. The van der Waals surface area contributed by atoms with Crippen molar-refractivity contribution in [3.05, 3.63) is 47.6 Å². The molecule has 14 atom stereocenters. The van der Waals surface area contributed by atoms with E-state index in [9.17, 15) is 39.3 Å². The van der Waals surface area contributed by atoms with Crippen molar-refractivity contribution in [3.8, 4) is 0 Å². The Morgan fingerprint density at radius 2 is 1.57 bits per heavy atom. The third-order valence-electron chi connectivity index (χ3n) is 14.2. The smallest absolute Gasteiger partial charge is 0.329 e. The highest BCUT2D eigenvalue weighted by Crippen LogP contribution is 2.37. The molecule has 4 aliphatic rings. The monoisotopic (exact) mass is 884 g/mol. The highest BCUT2D eigenvalue weighted by molar-refractivity contribution is 6.39. The topological polar surface area (TPSA) is 186 Å². The number of nitrogens with zero attached hydrogens (tertiary/aromatic N) is 1. The van der Waals surface area contributed by atoms with Gasteiger partial charge in [0, 0.05) is 57.8 Å². The number of aliphatic hydroxyl groups excluding tert-OH is 2. The van der Waals surface area contributed by atoms with E-state index in [4.69, 9.17) is 18.9 Å². The summed E-state index contributed by atoms with van der Waals surface area (Å²) in [5.74, 6) is -7.36. The second-order valence-corrected chi connectivity index (χ2v) is 19.3. The Bertz CT molecular complexity index is 1700. The maximum absolute atomic E-state index is 14.3. The van der Waals surface area contributed by atoms with Crippen LogP contribution in [0.2, 0.25) is 0 Å². The average molecular weight is 884 g/mol. The van der Waals surface area contributed by atoms with Gasteiger partial charge >= 0.3 is 5.97 Å². The molecule has 0 aromatic rings. The molecule has 7 unspecified atom stereocenters. The Labute approximate surface area is 375 Å². The van der Waals surface area contributed by atoms with Crippen molar-refractivity contribution in [3.63, 3.8) is 0 Å². The molecule has 0 aromatic heterocycles. The molecule has 354 valence electrons. The largest absolute Gasteiger partial charge is 0.460 e. The van der Waals surface area contributed by atoms with Crippen molar-refractivity contribution in [2.75, 3.05) is 20.8 Å². The molecule has 0 aromatic carbocycles. The normalized spacial score (nSPS) is 40.1. The minimum absolute atomic E-state index is 0.0725. The Balaban J connectivity index is 1.67. The molecule has 2 saturated heterocycles. The molecule has 1 aliphatic carbocycles. The molecule has 2 bridgehead atoms. The van der Waals surface area contributed by atoms with Crippen LogP contribution in [0.25, 0.3) is 0 Å². The molecule has 3 N–H and O–H groups in total. The fourth-order valence-corrected chi connectivity index (χ4v) is 9.78. The number of fused-ring (bicyclic) bond motifs is 3. The molecule has 1 amide bonds. The summed E-state index contributed by atoms with van der Waals surface area (Å²) in [5.41, 5.74) is 1.39. The van der Waals surface area contributed by atoms with Crippen LogP contribution in [0.15, 0.2) is 47.6 Å². The van der Waals surface area contributed by atoms with Gasteiger partial charge in [-0.25, -0.2) is 4.79 Å². The van der Waals surface area contributed by atoms with E-state index < -0.39 is 71.8 Å². The molecule has 0 spiro atoms. The first-order valence-corrected chi connectivity index (χ1v) is 23.4. The summed E-state index contributed by atoms with van der Waals surface area (Å²) in [4.78, 5) is 71.1. The summed E-state index contributed by atoms with van der Waals surface area (Å²) >= 11 is 0. The van der Waals surface area contributed by atoms with E-state index in [1.807, 2.05) is 58.1 Å². The number of amides is 1. The van der Waals surface area contributed by atoms with Gasteiger partial charge in [-0.1, -0.05) is 71.1 Å². The van der Waals surface area contributed by atoms with E-state index in [-0.39, 0.29) is 67.1 Å². The summed E-state index contributed by atoms with van der Waals surface area (Å²) in [6, 6.07) is -1.12. The molecule has 1 saturated carbocycles. The number of rotatable bonds is 5. The van der Waals surface area contributed by atoms with Crippen LogP contribution in [0.1, 0.15) is 132 Å². The summed E-state index contributed by atoms with van der Waals surface area (Å²) in [6.07, 6.45) is 13.0. The van der Waals surface area contributed by atoms with Crippen LogP contribution in [-0.2, 0) is 42.9 Å². The highest BCUT2D eigenvalue weighted by Gasteiger charge is 2.53. The number of hydrogen-bond acceptors (Lipinski definition) is 12. The summed E-state index contributed by atoms with van der Waals surface area (Å²) in [7, 11) is 3.15. The van der Waals surface area contributed by atoms with Gasteiger partial charge in [0.1, 0.15) is 23.7 Å². The van der Waals surface area contributed by atoms with E-state index in [0.717, 1.165) is 12.0 Å². The molecule has 63 heavy (non-hydrogen) atoms. The van der Waals surface area contributed by atoms with E-state index in [1.54, 1.807) is 41.1 Å². The molecule has 13 heteroatoms. The van der Waals surface area contributed by atoms with E-state index in [2.05, 4.69) is 0 Å². The van der Waals surface area contributed by atoms with Crippen LogP contribution in [0.5, 0.6) is 0 Å². The van der Waals surface area contributed by atoms with E-state index in [1.165, 1.54) is 4.90 Å². The van der Waals surface area contributed by atoms with Crippen molar-refractivity contribution in [1.82, 2.24) is 4.90 Å².